The Labute approximate surface area is 179 Å². The normalized spacial score (nSPS) is 23.3. The molecule has 0 saturated carbocycles. The van der Waals surface area contributed by atoms with Gasteiger partial charge in [0.15, 0.2) is 0 Å². The van der Waals surface area contributed by atoms with Gasteiger partial charge in [-0.15, -0.1) is 0 Å². The minimum absolute atomic E-state index is 0.0937. The first kappa shape index (κ1) is 21.1. The Morgan fingerprint density at radius 3 is 2.50 bits per heavy atom. The summed E-state index contributed by atoms with van der Waals surface area (Å²) in [5.74, 6) is -0.171. The molecule has 0 bridgehead atoms. The van der Waals surface area contributed by atoms with Crippen LogP contribution < -0.4 is 0 Å². The molecule has 2 atom stereocenters. The van der Waals surface area contributed by atoms with Crippen molar-refractivity contribution in [2.45, 2.75) is 50.0 Å². The lowest BCUT2D eigenvalue weighted by molar-refractivity contribution is -0.140. The second kappa shape index (κ2) is 8.90. The van der Waals surface area contributed by atoms with Gasteiger partial charge in [-0.05, 0) is 62.3 Å². The maximum Gasteiger partial charge on any atom is 0.243 e. The molecule has 4 rings (SSSR count). The van der Waals surface area contributed by atoms with Gasteiger partial charge in [0.2, 0.25) is 15.9 Å². The van der Waals surface area contributed by atoms with E-state index in [9.17, 15) is 13.2 Å². The smallest absolute Gasteiger partial charge is 0.243 e. The molecular formula is C24H30N2O3S. The third-order valence-corrected chi connectivity index (χ3v) is 8.19. The molecule has 2 fully saturated rings. The van der Waals surface area contributed by atoms with Crippen LogP contribution in [0.1, 0.15) is 49.3 Å². The first-order valence-electron chi connectivity index (χ1n) is 10.9. The Morgan fingerprint density at radius 1 is 0.933 bits per heavy atom. The zero-order valence-corrected chi connectivity index (χ0v) is 18.4. The molecule has 2 saturated heterocycles. The van der Waals surface area contributed by atoms with Gasteiger partial charge >= 0.3 is 0 Å². The highest BCUT2D eigenvalue weighted by molar-refractivity contribution is 7.89. The van der Waals surface area contributed by atoms with Crippen LogP contribution >= 0.6 is 0 Å². The Hall–Kier alpha value is -2.18. The number of rotatable bonds is 4. The molecule has 2 aliphatic heterocycles. The number of carbonyl (C=O) groups is 1. The van der Waals surface area contributed by atoms with E-state index >= 15 is 0 Å². The number of amides is 1. The van der Waals surface area contributed by atoms with Crippen LogP contribution in [0, 0.1) is 12.8 Å². The van der Waals surface area contributed by atoms with Crippen LogP contribution in [-0.2, 0) is 14.8 Å². The zero-order valence-electron chi connectivity index (χ0n) is 17.5. The summed E-state index contributed by atoms with van der Waals surface area (Å²) in [5.41, 5.74) is 2.09. The number of sulfonamides is 1. The summed E-state index contributed by atoms with van der Waals surface area (Å²) < 4.78 is 27.9. The minimum atomic E-state index is -3.58. The lowest BCUT2D eigenvalue weighted by Crippen LogP contribution is -2.48. The van der Waals surface area contributed by atoms with Crippen molar-refractivity contribution in [2.75, 3.05) is 19.6 Å². The van der Waals surface area contributed by atoms with Gasteiger partial charge in [0.25, 0.3) is 0 Å². The predicted octanol–water partition coefficient (Wildman–Crippen LogP) is 4.15. The molecule has 2 unspecified atom stereocenters. The fourth-order valence-electron chi connectivity index (χ4n) is 4.74. The Morgan fingerprint density at radius 2 is 1.73 bits per heavy atom. The number of hydrogen-bond donors (Lipinski definition) is 0. The van der Waals surface area contributed by atoms with E-state index in [1.807, 2.05) is 36.1 Å². The summed E-state index contributed by atoms with van der Waals surface area (Å²) in [5, 5.41) is 0. The molecule has 0 aromatic heterocycles. The minimum Gasteiger partial charge on any atom is -0.335 e. The van der Waals surface area contributed by atoms with Gasteiger partial charge in [-0.2, -0.15) is 4.31 Å². The fourth-order valence-corrected chi connectivity index (χ4v) is 6.37. The highest BCUT2D eigenvalue weighted by Gasteiger charge is 2.37. The molecule has 160 valence electrons. The molecule has 0 radical (unpaired) electrons. The number of likely N-dealkylation sites (tertiary alicyclic amines) is 1. The van der Waals surface area contributed by atoms with Crippen LogP contribution in [0.4, 0.5) is 0 Å². The van der Waals surface area contributed by atoms with Crippen molar-refractivity contribution in [1.29, 1.82) is 0 Å². The van der Waals surface area contributed by atoms with Gasteiger partial charge in [0.05, 0.1) is 16.9 Å². The topological polar surface area (TPSA) is 57.7 Å². The van der Waals surface area contributed by atoms with Crippen LogP contribution in [0.15, 0.2) is 59.5 Å². The summed E-state index contributed by atoms with van der Waals surface area (Å²) in [6, 6.07) is 17.3. The van der Waals surface area contributed by atoms with E-state index in [0.717, 1.165) is 37.8 Å². The molecule has 0 spiro atoms. The molecule has 2 aliphatic rings. The molecule has 0 aliphatic carbocycles. The van der Waals surface area contributed by atoms with Gasteiger partial charge in [-0.1, -0.05) is 42.5 Å². The zero-order chi connectivity index (χ0) is 21.1. The molecule has 1 amide bonds. The number of nitrogens with zero attached hydrogens (tertiary/aromatic N) is 2. The average Bonchev–Trinajstić information content (AvgIpc) is 2.79. The quantitative estimate of drug-likeness (QED) is 0.738. The van der Waals surface area contributed by atoms with Crippen molar-refractivity contribution in [3.8, 4) is 0 Å². The number of carbonyl (C=O) groups excluding carboxylic acids is 1. The van der Waals surface area contributed by atoms with Crippen LogP contribution in [0.5, 0.6) is 0 Å². The lowest BCUT2D eigenvalue weighted by atomic mass is 9.91. The number of piperidine rings is 2. The maximum atomic E-state index is 13.5. The molecular weight excluding hydrogens is 396 g/mol. The summed E-state index contributed by atoms with van der Waals surface area (Å²) in [4.78, 5) is 15.8. The van der Waals surface area contributed by atoms with Gasteiger partial charge in [-0.3, -0.25) is 4.79 Å². The van der Waals surface area contributed by atoms with E-state index in [1.165, 1.54) is 9.87 Å². The van der Waals surface area contributed by atoms with Crippen molar-refractivity contribution in [2.24, 2.45) is 5.92 Å². The third kappa shape index (κ3) is 4.30. The lowest BCUT2D eigenvalue weighted by Gasteiger charge is -2.40. The summed E-state index contributed by atoms with van der Waals surface area (Å²) in [6.07, 6.45) is 4.55. The van der Waals surface area contributed by atoms with Gasteiger partial charge in [-0.25, -0.2) is 8.42 Å². The SMILES string of the molecule is Cc1cccc(S(=O)(=O)N2CCCC(C(=O)N3CCCCC3c3ccccc3)C2)c1. The van der Waals surface area contributed by atoms with E-state index in [1.54, 1.807) is 18.2 Å². The molecule has 30 heavy (non-hydrogen) atoms. The van der Waals surface area contributed by atoms with Crippen LogP contribution in [0.3, 0.4) is 0 Å². The van der Waals surface area contributed by atoms with Crippen molar-refractivity contribution in [3.63, 3.8) is 0 Å². The first-order valence-corrected chi connectivity index (χ1v) is 12.3. The van der Waals surface area contributed by atoms with E-state index in [4.69, 9.17) is 0 Å². The highest BCUT2D eigenvalue weighted by atomic mass is 32.2. The van der Waals surface area contributed by atoms with Gasteiger partial charge in [0.1, 0.15) is 0 Å². The predicted molar refractivity (Wildman–Crippen MR) is 117 cm³/mol. The van der Waals surface area contributed by atoms with Crippen LogP contribution in [-0.4, -0.2) is 43.2 Å². The van der Waals surface area contributed by atoms with E-state index in [-0.39, 0.29) is 24.4 Å². The number of aryl methyl sites for hydroxylation is 1. The van der Waals surface area contributed by atoms with Crippen molar-refractivity contribution in [1.82, 2.24) is 9.21 Å². The maximum absolute atomic E-state index is 13.5. The summed E-state index contributed by atoms with van der Waals surface area (Å²) >= 11 is 0. The summed E-state index contributed by atoms with van der Waals surface area (Å²) in [7, 11) is -3.58. The molecule has 2 aromatic rings. The second-order valence-corrected chi connectivity index (χ2v) is 10.4. The average molecular weight is 427 g/mol. The summed E-state index contributed by atoms with van der Waals surface area (Å²) in [6.45, 7) is 3.39. The third-order valence-electron chi connectivity index (χ3n) is 6.33. The molecule has 2 aromatic carbocycles. The van der Waals surface area contributed by atoms with Crippen molar-refractivity contribution >= 4 is 15.9 Å². The van der Waals surface area contributed by atoms with Gasteiger partial charge < -0.3 is 4.90 Å². The molecule has 5 nitrogen and oxygen atoms in total. The first-order chi connectivity index (χ1) is 14.5. The highest BCUT2D eigenvalue weighted by Crippen LogP contribution is 2.34. The Kier molecular flexibility index (Phi) is 6.25. The Bertz CT molecular complexity index is 991. The Balaban J connectivity index is 1.53. The fraction of sp³-hybridized carbons (Fsp3) is 0.458. The monoisotopic (exact) mass is 426 g/mol. The van der Waals surface area contributed by atoms with Crippen LogP contribution in [0.25, 0.3) is 0 Å². The molecule has 0 N–H and O–H groups in total. The standard InChI is InChI=1S/C24H30N2O3S/c1-19-9-7-13-22(17-19)30(28,29)25-15-8-12-21(18-25)24(27)26-16-6-5-14-23(26)20-10-3-2-4-11-20/h2-4,7,9-11,13,17,21,23H,5-6,8,12,14-16,18H2,1H3. The number of hydrogen-bond acceptors (Lipinski definition) is 3. The van der Waals surface area contributed by atoms with Crippen molar-refractivity contribution < 1.29 is 13.2 Å². The largest absolute Gasteiger partial charge is 0.335 e. The van der Waals surface area contributed by atoms with Crippen LogP contribution in [0.2, 0.25) is 0 Å². The number of benzene rings is 2. The molecule has 6 heteroatoms. The second-order valence-electron chi connectivity index (χ2n) is 8.47. The molecule has 2 heterocycles. The van der Waals surface area contributed by atoms with E-state index < -0.39 is 10.0 Å². The van der Waals surface area contributed by atoms with Crippen molar-refractivity contribution in [3.05, 3.63) is 65.7 Å². The van der Waals surface area contributed by atoms with Gasteiger partial charge in [0, 0.05) is 19.6 Å². The van der Waals surface area contributed by atoms with E-state index in [2.05, 4.69) is 12.1 Å². The van der Waals surface area contributed by atoms with E-state index in [0.29, 0.717) is 17.9 Å².